The molecule has 7 heteroatoms. The molecule has 2 N–H and O–H groups in total. The van der Waals surface area contributed by atoms with E-state index >= 15 is 0 Å². The molecule has 1 aliphatic carbocycles. The van der Waals surface area contributed by atoms with Crippen molar-refractivity contribution in [2.45, 2.75) is 51.0 Å². The molecule has 3 aliphatic rings. The number of nitrogens with one attached hydrogen (secondary N) is 1. The van der Waals surface area contributed by atoms with Crippen molar-refractivity contribution in [3.8, 4) is 0 Å². The second kappa shape index (κ2) is 9.04. The molecule has 0 atom stereocenters. The lowest BCUT2D eigenvalue weighted by Crippen LogP contribution is -2.55. The lowest BCUT2D eigenvalue weighted by Gasteiger charge is -2.38. The average Bonchev–Trinajstić information content (AvgIpc) is 2.65. The monoisotopic (exact) mass is 365 g/mol. The summed E-state index contributed by atoms with van der Waals surface area (Å²) in [4.78, 5) is 23.7. The van der Waals surface area contributed by atoms with E-state index in [4.69, 9.17) is 0 Å². The predicted octanol–water partition coefficient (Wildman–Crippen LogP) is 0.497. The second-order valence-corrected chi connectivity index (χ2v) is 7.95. The van der Waals surface area contributed by atoms with E-state index in [2.05, 4.69) is 27.0 Å². The number of hydrogen-bond acceptors (Lipinski definition) is 4. The van der Waals surface area contributed by atoms with E-state index < -0.39 is 5.60 Å². The number of likely N-dealkylation sites (tertiary alicyclic amines) is 1. The van der Waals surface area contributed by atoms with Gasteiger partial charge in [0.1, 0.15) is 0 Å². The Morgan fingerprint density at radius 2 is 1.69 bits per heavy atom. The van der Waals surface area contributed by atoms with Gasteiger partial charge < -0.3 is 20.2 Å². The molecule has 7 nitrogen and oxygen atoms in total. The van der Waals surface area contributed by atoms with E-state index in [0.29, 0.717) is 13.1 Å². The number of aliphatic hydroxyl groups is 1. The number of rotatable bonds is 5. The Bertz CT molecular complexity index is 492. The van der Waals surface area contributed by atoms with Gasteiger partial charge in [-0.15, -0.1) is 0 Å². The summed E-state index contributed by atoms with van der Waals surface area (Å²) in [7, 11) is 0. The minimum absolute atomic E-state index is 0.283. The Morgan fingerprint density at radius 3 is 2.27 bits per heavy atom. The zero-order chi connectivity index (χ0) is 18.4. The zero-order valence-electron chi connectivity index (χ0n) is 16.3. The van der Waals surface area contributed by atoms with Gasteiger partial charge in [-0.05, 0) is 45.4 Å². The second-order valence-electron chi connectivity index (χ2n) is 7.95. The maximum Gasteiger partial charge on any atom is 0.236 e. The van der Waals surface area contributed by atoms with Crippen molar-refractivity contribution in [2.24, 2.45) is 4.99 Å². The summed E-state index contributed by atoms with van der Waals surface area (Å²) in [5.41, 5.74) is -0.580. The molecular formula is C19H35N5O2. The molecule has 148 valence electrons. The summed E-state index contributed by atoms with van der Waals surface area (Å²) >= 11 is 0. The van der Waals surface area contributed by atoms with E-state index in [1.54, 1.807) is 0 Å². The summed E-state index contributed by atoms with van der Waals surface area (Å²) in [5.74, 6) is 1.18. The lowest BCUT2D eigenvalue weighted by atomic mass is 9.80. The lowest BCUT2D eigenvalue weighted by molar-refractivity contribution is -0.133. The van der Waals surface area contributed by atoms with Crippen LogP contribution in [0.4, 0.5) is 0 Å². The first-order valence-electron chi connectivity index (χ1n) is 10.4. The molecule has 2 aliphatic heterocycles. The van der Waals surface area contributed by atoms with Gasteiger partial charge in [-0.2, -0.15) is 0 Å². The van der Waals surface area contributed by atoms with Gasteiger partial charge in [0, 0.05) is 45.8 Å². The van der Waals surface area contributed by atoms with Gasteiger partial charge in [-0.25, -0.2) is 0 Å². The van der Waals surface area contributed by atoms with Crippen molar-refractivity contribution in [1.29, 1.82) is 0 Å². The molecular weight excluding hydrogens is 330 g/mol. The Labute approximate surface area is 157 Å². The van der Waals surface area contributed by atoms with Gasteiger partial charge in [0.25, 0.3) is 0 Å². The number of carbonyl (C=O) groups excluding carboxylic acids is 1. The number of hydrogen-bond donors (Lipinski definition) is 2. The highest BCUT2D eigenvalue weighted by atomic mass is 16.3. The quantitative estimate of drug-likeness (QED) is 0.548. The Hall–Kier alpha value is -1.34. The number of guanidine groups is 1. The molecule has 0 aromatic rings. The summed E-state index contributed by atoms with van der Waals surface area (Å²) in [6.45, 7) is 9.30. The third kappa shape index (κ3) is 5.10. The number of aliphatic imine (C=N–C) groups is 1. The van der Waals surface area contributed by atoms with Crippen molar-refractivity contribution in [3.05, 3.63) is 0 Å². The van der Waals surface area contributed by atoms with Gasteiger partial charge in [-0.1, -0.05) is 0 Å². The topological polar surface area (TPSA) is 71.4 Å². The Balaban J connectivity index is 1.46. The Morgan fingerprint density at radius 1 is 1.00 bits per heavy atom. The van der Waals surface area contributed by atoms with Gasteiger partial charge in [-0.3, -0.25) is 14.7 Å². The van der Waals surface area contributed by atoms with Crippen LogP contribution in [0.3, 0.4) is 0 Å². The molecule has 0 bridgehead atoms. The summed E-state index contributed by atoms with van der Waals surface area (Å²) in [6.07, 6.45) is 6.38. The maximum atomic E-state index is 12.4. The number of amides is 1. The molecule has 0 aromatic carbocycles. The largest absolute Gasteiger partial charge is 0.388 e. The summed E-state index contributed by atoms with van der Waals surface area (Å²) < 4.78 is 0. The van der Waals surface area contributed by atoms with Crippen LogP contribution in [-0.2, 0) is 4.79 Å². The summed E-state index contributed by atoms with van der Waals surface area (Å²) in [5, 5.41) is 13.6. The normalized spacial score (nSPS) is 24.3. The first-order valence-corrected chi connectivity index (χ1v) is 10.4. The van der Waals surface area contributed by atoms with Crippen LogP contribution in [0.5, 0.6) is 0 Å². The van der Waals surface area contributed by atoms with Crippen LogP contribution >= 0.6 is 0 Å². The van der Waals surface area contributed by atoms with Gasteiger partial charge >= 0.3 is 0 Å². The van der Waals surface area contributed by atoms with E-state index in [0.717, 1.165) is 83.9 Å². The predicted molar refractivity (Wildman–Crippen MR) is 103 cm³/mol. The molecule has 2 saturated heterocycles. The molecule has 3 fully saturated rings. The average molecular weight is 366 g/mol. The van der Waals surface area contributed by atoms with E-state index in [1.165, 1.54) is 6.42 Å². The highest BCUT2D eigenvalue weighted by Gasteiger charge is 2.34. The zero-order valence-corrected chi connectivity index (χ0v) is 16.3. The van der Waals surface area contributed by atoms with Crippen LogP contribution in [0.15, 0.2) is 4.99 Å². The number of piperidine rings is 1. The van der Waals surface area contributed by atoms with Gasteiger partial charge in [0.05, 0.1) is 18.7 Å². The fraction of sp³-hybridized carbons (Fsp3) is 0.895. The van der Waals surface area contributed by atoms with Crippen LogP contribution in [0.1, 0.15) is 45.4 Å². The fourth-order valence-electron chi connectivity index (χ4n) is 3.94. The molecule has 0 unspecified atom stereocenters. The SMILES string of the molecule is CCNC(=NCC1(O)CCC1)N1CCN(CC(=O)N2CCCCC2)CC1. The highest BCUT2D eigenvalue weighted by Crippen LogP contribution is 2.31. The third-order valence-corrected chi connectivity index (χ3v) is 5.88. The fourth-order valence-corrected chi connectivity index (χ4v) is 3.94. The number of carbonyl (C=O) groups is 1. The maximum absolute atomic E-state index is 12.4. The van der Waals surface area contributed by atoms with Crippen LogP contribution in [0, 0.1) is 0 Å². The molecule has 1 amide bonds. The molecule has 1 saturated carbocycles. The van der Waals surface area contributed by atoms with E-state index in [1.807, 2.05) is 4.90 Å². The van der Waals surface area contributed by atoms with Crippen molar-refractivity contribution in [3.63, 3.8) is 0 Å². The first-order chi connectivity index (χ1) is 12.6. The van der Waals surface area contributed by atoms with Crippen LogP contribution in [0.25, 0.3) is 0 Å². The van der Waals surface area contributed by atoms with Gasteiger partial charge in [0.2, 0.25) is 5.91 Å². The molecule has 2 heterocycles. The standard InChI is InChI=1S/C19H35N5O2/c1-2-20-18(21-16-19(26)7-6-8-19)24-13-11-22(12-14-24)15-17(25)23-9-4-3-5-10-23/h26H,2-16H2,1H3,(H,20,21). The van der Waals surface area contributed by atoms with Crippen molar-refractivity contribution in [1.82, 2.24) is 20.0 Å². The van der Waals surface area contributed by atoms with Gasteiger partial charge in [0.15, 0.2) is 5.96 Å². The Kier molecular flexibility index (Phi) is 6.75. The number of nitrogens with zero attached hydrogens (tertiary/aromatic N) is 4. The van der Waals surface area contributed by atoms with E-state index in [9.17, 15) is 9.90 Å². The third-order valence-electron chi connectivity index (χ3n) is 5.88. The van der Waals surface area contributed by atoms with Crippen LogP contribution in [0.2, 0.25) is 0 Å². The molecule has 0 spiro atoms. The van der Waals surface area contributed by atoms with Crippen molar-refractivity contribution < 1.29 is 9.90 Å². The molecule has 26 heavy (non-hydrogen) atoms. The molecule has 0 radical (unpaired) electrons. The van der Waals surface area contributed by atoms with Crippen LogP contribution in [-0.4, -0.2) is 96.2 Å². The number of piperazine rings is 1. The smallest absolute Gasteiger partial charge is 0.236 e. The van der Waals surface area contributed by atoms with E-state index in [-0.39, 0.29) is 5.91 Å². The van der Waals surface area contributed by atoms with Crippen LogP contribution < -0.4 is 5.32 Å². The highest BCUT2D eigenvalue weighted by molar-refractivity contribution is 5.80. The van der Waals surface area contributed by atoms with Crippen molar-refractivity contribution >= 4 is 11.9 Å². The first kappa shape index (κ1) is 19.4. The summed E-state index contributed by atoms with van der Waals surface area (Å²) in [6, 6.07) is 0. The minimum atomic E-state index is -0.580. The molecule has 3 rings (SSSR count). The minimum Gasteiger partial charge on any atom is -0.388 e. The molecule has 0 aromatic heterocycles. The van der Waals surface area contributed by atoms with Crippen molar-refractivity contribution in [2.75, 3.05) is 58.9 Å².